The van der Waals surface area contributed by atoms with Crippen LogP contribution < -0.4 is 10.6 Å². The molecule has 176 valence electrons. The van der Waals surface area contributed by atoms with Crippen molar-refractivity contribution in [1.29, 1.82) is 0 Å². The van der Waals surface area contributed by atoms with Crippen molar-refractivity contribution in [3.05, 3.63) is 90.5 Å². The molecule has 0 radical (unpaired) electrons. The monoisotopic (exact) mass is 465 g/mol. The number of imide groups is 1. The van der Waals surface area contributed by atoms with Gasteiger partial charge >= 0.3 is 6.03 Å². The number of urea groups is 1. The molecule has 0 aromatic heterocycles. The van der Waals surface area contributed by atoms with Gasteiger partial charge in [-0.15, -0.1) is 0 Å². The van der Waals surface area contributed by atoms with Crippen molar-refractivity contribution in [3.8, 4) is 0 Å². The number of carbonyl (C=O) groups excluding carboxylic acids is 3. The third kappa shape index (κ3) is 3.79. The number of nitrogens with zero attached hydrogens (tertiary/aromatic N) is 1. The predicted molar refractivity (Wildman–Crippen MR) is 134 cm³/mol. The second-order valence-corrected chi connectivity index (χ2v) is 9.72. The Bertz CT molecular complexity index is 1300. The summed E-state index contributed by atoms with van der Waals surface area (Å²) in [5, 5.41) is 7.83. The Morgan fingerprint density at radius 1 is 0.829 bits per heavy atom. The molecule has 2 fully saturated rings. The largest absolute Gasteiger partial charge is 0.320 e. The lowest BCUT2D eigenvalue weighted by Crippen LogP contribution is -2.53. The van der Waals surface area contributed by atoms with Crippen LogP contribution in [0.5, 0.6) is 0 Å². The molecule has 3 aromatic rings. The summed E-state index contributed by atoms with van der Waals surface area (Å²) in [6.07, 6.45) is 5.68. The topological polar surface area (TPSA) is 78.5 Å². The summed E-state index contributed by atoms with van der Waals surface area (Å²) in [5.74, 6) is -0.738. The first kappa shape index (κ1) is 21.6. The highest BCUT2D eigenvalue weighted by Gasteiger charge is 2.58. The number of carbonyl (C=O) groups is 3. The molecule has 2 bridgehead atoms. The minimum absolute atomic E-state index is 0.105. The summed E-state index contributed by atoms with van der Waals surface area (Å²) < 4.78 is 0. The summed E-state index contributed by atoms with van der Waals surface area (Å²) in [4.78, 5) is 41.7. The van der Waals surface area contributed by atoms with E-state index in [0.717, 1.165) is 29.2 Å². The van der Waals surface area contributed by atoms with Crippen molar-refractivity contribution in [1.82, 2.24) is 10.2 Å². The van der Waals surface area contributed by atoms with Gasteiger partial charge in [0.25, 0.3) is 0 Å². The van der Waals surface area contributed by atoms with E-state index >= 15 is 0 Å². The Kier molecular flexibility index (Phi) is 5.36. The third-order valence-electron chi connectivity index (χ3n) is 7.71. The average molecular weight is 466 g/mol. The Balaban J connectivity index is 1.28. The zero-order valence-electron chi connectivity index (χ0n) is 19.3. The van der Waals surface area contributed by atoms with Crippen LogP contribution in [0.3, 0.4) is 0 Å². The molecule has 35 heavy (non-hydrogen) atoms. The molecule has 2 N–H and O–H groups in total. The second kappa shape index (κ2) is 8.69. The van der Waals surface area contributed by atoms with E-state index in [9.17, 15) is 14.4 Å². The highest BCUT2D eigenvalue weighted by molar-refractivity contribution is 6.07. The first-order valence-electron chi connectivity index (χ1n) is 12.2. The third-order valence-corrected chi connectivity index (χ3v) is 7.71. The summed E-state index contributed by atoms with van der Waals surface area (Å²) in [6.45, 7) is 0. The molecule has 4 amide bonds. The maximum Gasteiger partial charge on any atom is 0.320 e. The van der Waals surface area contributed by atoms with Gasteiger partial charge in [0.15, 0.2) is 0 Å². The van der Waals surface area contributed by atoms with Gasteiger partial charge in [0.05, 0.1) is 17.5 Å². The molecular weight excluding hydrogens is 438 g/mol. The van der Waals surface area contributed by atoms with Crippen LogP contribution >= 0.6 is 0 Å². The minimum Gasteiger partial charge on any atom is -0.317 e. The van der Waals surface area contributed by atoms with Crippen LogP contribution in [0.2, 0.25) is 0 Å². The fraction of sp³-hybridized carbons (Fsp3) is 0.276. The number of hydrogen-bond donors (Lipinski definition) is 2. The summed E-state index contributed by atoms with van der Waals surface area (Å²) in [6, 6.07) is 22.7. The molecule has 3 aliphatic carbocycles. The van der Waals surface area contributed by atoms with Crippen molar-refractivity contribution >= 4 is 34.3 Å². The van der Waals surface area contributed by atoms with Crippen LogP contribution in [0.15, 0.2) is 84.9 Å². The molecule has 1 saturated heterocycles. The van der Waals surface area contributed by atoms with Gasteiger partial charge in [0.2, 0.25) is 11.8 Å². The zero-order chi connectivity index (χ0) is 23.9. The van der Waals surface area contributed by atoms with Gasteiger partial charge < -0.3 is 10.6 Å². The number of likely N-dealkylation sites (tertiary alicyclic amines) is 1. The number of fused-ring (bicyclic) bond motifs is 2. The van der Waals surface area contributed by atoms with Crippen LogP contribution in [0.25, 0.3) is 10.8 Å². The molecule has 3 aromatic carbocycles. The van der Waals surface area contributed by atoms with Gasteiger partial charge in [-0.2, -0.15) is 0 Å². The van der Waals surface area contributed by atoms with Crippen LogP contribution in [0, 0.1) is 23.7 Å². The van der Waals surface area contributed by atoms with Crippen molar-refractivity contribution in [2.75, 3.05) is 5.32 Å². The highest BCUT2D eigenvalue weighted by atomic mass is 16.2. The van der Waals surface area contributed by atoms with E-state index in [1.54, 1.807) is 0 Å². The Morgan fingerprint density at radius 2 is 1.46 bits per heavy atom. The molecule has 1 saturated carbocycles. The van der Waals surface area contributed by atoms with E-state index in [-0.39, 0.29) is 35.5 Å². The zero-order valence-corrected chi connectivity index (χ0v) is 19.3. The number of rotatable bonds is 5. The number of amides is 4. The molecule has 7 rings (SSSR count). The average Bonchev–Trinajstić information content (AvgIpc) is 3.17. The number of benzene rings is 3. The summed E-state index contributed by atoms with van der Waals surface area (Å²) >= 11 is 0. The van der Waals surface area contributed by atoms with Crippen LogP contribution in [-0.4, -0.2) is 28.9 Å². The first-order chi connectivity index (χ1) is 17.1. The summed E-state index contributed by atoms with van der Waals surface area (Å²) in [7, 11) is 0. The number of allylic oxidation sites excluding steroid dienone is 2. The molecule has 1 heterocycles. The molecule has 0 unspecified atom stereocenters. The Hall–Kier alpha value is -3.93. The fourth-order valence-electron chi connectivity index (χ4n) is 6.09. The molecular formula is C29H27N3O3. The van der Waals surface area contributed by atoms with Crippen molar-refractivity contribution in [3.63, 3.8) is 0 Å². The van der Waals surface area contributed by atoms with E-state index in [4.69, 9.17) is 0 Å². The molecule has 6 heteroatoms. The second-order valence-electron chi connectivity index (χ2n) is 9.72. The summed E-state index contributed by atoms with van der Waals surface area (Å²) in [5.41, 5.74) is 1.62. The van der Waals surface area contributed by atoms with Crippen molar-refractivity contribution < 1.29 is 14.4 Å². The van der Waals surface area contributed by atoms with Gasteiger partial charge in [-0.05, 0) is 41.7 Å². The lowest BCUT2D eigenvalue weighted by atomic mass is 9.63. The van der Waals surface area contributed by atoms with Gasteiger partial charge in [-0.3, -0.25) is 14.5 Å². The van der Waals surface area contributed by atoms with Gasteiger partial charge in [0, 0.05) is 11.8 Å². The lowest BCUT2D eigenvalue weighted by molar-refractivity contribution is -0.143. The van der Waals surface area contributed by atoms with Crippen molar-refractivity contribution in [2.45, 2.75) is 25.4 Å². The van der Waals surface area contributed by atoms with E-state index in [1.807, 2.05) is 72.8 Å². The number of hydrogen-bond acceptors (Lipinski definition) is 3. The van der Waals surface area contributed by atoms with Crippen LogP contribution in [0.1, 0.15) is 18.4 Å². The molecule has 4 aliphatic rings. The SMILES string of the molecule is O=C(Nc1cccc2ccccc12)N[C@H](Cc1ccccc1)N1C(=O)[C@H]2[C@H](C1=O)[C@H]1C=C[C@H]2CC1. The first-order valence-corrected chi connectivity index (χ1v) is 12.2. The van der Waals surface area contributed by atoms with Crippen LogP contribution in [0.4, 0.5) is 10.5 Å². The fourth-order valence-corrected chi connectivity index (χ4v) is 6.09. The standard InChI is InChI=1S/C29H27N3O3/c33-27-25-20-13-14-21(16-15-20)26(25)28(34)32(27)24(17-18-7-2-1-3-8-18)31-29(35)30-23-12-6-10-19-9-4-5-11-22(19)23/h1-14,20-21,24-26H,15-17H2,(H2,30,31,35)/t20-,21-,24-,25+,26+/m0/s1. The molecule has 6 nitrogen and oxygen atoms in total. The number of anilines is 1. The maximum absolute atomic E-state index is 13.6. The van der Waals surface area contributed by atoms with E-state index in [1.165, 1.54) is 4.90 Å². The molecule has 1 aliphatic heterocycles. The minimum atomic E-state index is -0.766. The smallest absolute Gasteiger partial charge is 0.317 e. The highest BCUT2D eigenvalue weighted by Crippen LogP contribution is 2.50. The molecule has 0 spiro atoms. The number of nitrogens with one attached hydrogen (secondary N) is 2. The van der Waals surface area contributed by atoms with Gasteiger partial charge in [-0.1, -0.05) is 78.9 Å². The quantitative estimate of drug-likeness (QED) is 0.423. The Labute approximate surface area is 204 Å². The van der Waals surface area contributed by atoms with Gasteiger partial charge in [0.1, 0.15) is 6.17 Å². The maximum atomic E-state index is 13.6. The predicted octanol–water partition coefficient (Wildman–Crippen LogP) is 4.73. The Morgan fingerprint density at radius 3 is 2.14 bits per heavy atom. The van der Waals surface area contributed by atoms with Crippen molar-refractivity contribution in [2.24, 2.45) is 23.7 Å². The van der Waals surface area contributed by atoms with Gasteiger partial charge in [-0.25, -0.2) is 4.79 Å². The normalized spacial score (nSPS) is 25.5. The molecule has 5 atom stereocenters. The van der Waals surface area contributed by atoms with E-state index < -0.39 is 12.2 Å². The van der Waals surface area contributed by atoms with Crippen LogP contribution in [-0.2, 0) is 16.0 Å². The lowest BCUT2D eigenvalue weighted by Gasteiger charge is -2.38. The van der Waals surface area contributed by atoms with E-state index in [0.29, 0.717) is 12.1 Å². The van der Waals surface area contributed by atoms with E-state index in [2.05, 4.69) is 22.8 Å².